The zero-order valence-electron chi connectivity index (χ0n) is 8.24. The van der Waals surface area contributed by atoms with Crippen molar-refractivity contribution in [1.82, 2.24) is 5.32 Å². The van der Waals surface area contributed by atoms with E-state index in [2.05, 4.69) is 5.32 Å². The summed E-state index contributed by atoms with van der Waals surface area (Å²) in [5.74, 6) is -0.453. The fourth-order valence-electron chi connectivity index (χ4n) is 1.67. The molecule has 5 nitrogen and oxygen atoms in total. The Morgan fingerprint density at radius 1 is 1.57 bits per heavy atom. The minimum atomic E-state index is -0.453. The molecular weight excluding hydrogens is 184 g/mol. The number of hydrogen-bond donors (Lipinski definition) is 3. The monoisotopic (exact) mass is 202 g/mol. The van der Waals surface area contributed by atoms with Crippen LogP contribution >= 0.6 is 0 Å². The van der Waals surface area contributed by atoms with Gasteiger partial charge in [-0.15, -0.1) is 0 Å². The van der Waals surface area contributed by atoms with E-state index in [-0.39, 0.29) is 18.8 Å². The smallest absolute Gasteiger partial charge is 0.243 e. The Morgan fingerprint density at radius 3 is 2.93 bits per heavy atom. The molecule has 1 rings (SSSR count). The van der Waals surface area contributed by atoms with Crippen molar-refractivity contribution >= 4 is 5.91 Å². The average molecular weight is 202 g/mol. The van der Waals surface area contributed by atoms with Crippen molar-refractivity contribution < 1.29 is 14.6 Å². The van der Waals surface area contributed by atoms with Crippen LogP contribution in [0.1, 0.15) is 19.3 Å². The van der Waals surface area contributed by atoms with E-state index in [1.54, 1.807) is 0 Å². The van der Waals surface area contributed by atoms with E-state index >= 15 is 0 Å². The van der Waals surface area contributed by atoms with Gasteiger partial charge in [0, 0.05) is 12.6 Å². The van der Waals surface area contributed by atoms with Crippen LogP contribution in [-0.4, -0.2) is 42.9 Å². The number of nitrogens with one attached hydrogen (secondary N) is 1. The summed E-state index contributed by atoms with van der Waals surface area (Å²) in [5, 5.41) is 12.6. The number of nitrogens with two attached hydrogens (primary N) is 1. The Morgan fingerprint density at radius 2 is 2.36 bits per heavy atom. The molecule has 1 saturated carbocycles. The molecule has 82 valence electrons. The van der Waals surface area contributed by atoms with E-state index in [4.69, 9.17) is 10.5 Å². The lowest BCUT2D eigenvalue weighted by molar-refractivity contribution is -0.122. The third-order valence-electron chi connectivity index (χ3n) is 2.38. The Labute approximate surface area is 83.6 Å². The molecule has 0 aromatic heterocycles. The third-order valence-corrected chi connectivity index (χ3v) is 2.38. The number of ether oxygens (including phenoxy) is 1. The van der Waals surface area contributed by atoms with Crippen molar-refractivity contribution in [3.63, 3.8) is 0 Å². The van der Waals surface area contributed by atoms with Crippen molar-refractivity contribution in [1.29, 1.82) is 0 Å². The van der Waals surface area contributed by atoms with E-state index in [9.17, 15) is 9.90 Å². The molecule has 1 fully saturated rings. The maximum absolute atomic E-state index is 10.3. The second-order valence-corrected chi connectivity index (χ2v) is 3.58. The molecular formula is C9H18N2O3. The van der Waals surface area contributed by atoms with Crippen LogP contribution in [0.15, 0.2) is 0 Å². The molecule has 0 aromatic carbocycles. The fraction of sp³-hybridized carbons (Fsp3) is 0.889. The first-order valence-electron chi connectivity index (χ1n) is 4.97. The van der Waals surface area contributed by atoms with Gasteiger partial charge in [-0.05, 0) is 19.3 Å². The molecule has 1 aliphatic carbocycles. The number of amides is 1. The Balaban J connectivity index is 1.95. The first kappa shape index (κ1) is 11.4. The SMILES string of the molecule is NC(=O)COCCN[C@@H]1CCC[C@H]1O. The highest BCUT2D eigenvalue weighted by Gasteiger charge is 2.23. The summed E-state index contributed by atoms with van der Waals surface area (Å²) >= 11 is 0. The summed E-state index contributed by atoms with van der Waals surface area (Å²) in [7, 11) is 0. The average Bonchev–Trinajstić information content (AvgIpc) is 2.51. The number of hydrogen-bond acceptors (Lipinski definition) is 4. The lowest BCUT2D eigenvalue weighted by Gasteiger charge is -2.15. The van der Waals surface area contributed by atoms with Crippen LogP contribution in [0, 0.1) is 0 Å². The molecule has 0 aliphatic heterocycles. The van der Waals surface area contributed by atoms with Gasteiger partial charge in [-0.1, -0.05) is 0 Å². The van der Waals surface area contributed by atoms with Gasteiger partial charge in [0.25, 0.3) is 0 Å². The van der Waals surface area contributed by atoms with Crippen molar-refractivity contribution in [3.05, 3.63) is 0 Å². The normalized spacial score (nSPS) is 26.6. The molecule has 1 aliphatic rings. The fourth-order valence-corrected chi connectivity index (χ4v) is 1.67. The van der Waals surface area contributed by atoms with Crippen LogP contribution in [0.3, 0.4) is 0 Å². The molecule has 0 bridgehead atoms. The topological polar surface area (TPSA) is 84.6 Å². The van der Waals surface area contributed by atoms with Gasteiger partial charge >= 0.3 is 0 Å². The predicted octanol–water partition coefficient (Wildman–Crippen LogP) is -1.01. The lowest BCUT2D eigenvalue weighted by atomic mass is 10.2. The van der Waals surface area contributed by atoms with Gasteiger partial charge < -0.3 is 20.9 Å². The van der Waals surface area contributed by atoms with Crippen LogP contribution in [0.2, 0.25) is 0 Å². The second-order valence-electron chi connectivity index (χ2n) is 3.58. The van der Waals surface area contributed by atoms with E-state index < -0.39 is 5.91 Å². The van der Waals surface area contributed by atoms with E-state index in [0.717, 1.165) is 19.3 Å². The van der Waals surface area contributed by atoms with Gasteiger partial charge in [-0.2, -0.15) is 0 Å². The van der Waals surface area contributed by atoms with E-state index in [0.29, 0.717) is 13.2 Å². The quantitative estimate of drug-likeness (QED) is 0.482. The number of carbonyl (C=O) groups excluding carboxylic acids is 1. The molecule has 14 heavy (non-hydrogen) atoms. The van der Waals surface area contributed by atoms with E-state index in [1.165, 1.54) is 0 Å². The van der Waals surface area contributed by atoms with Gasteiger partial charge in [-0.3, -0.25) is 4.79 Å². The third kappa shape index (κ3) is 4.04. The summed E-state index contributed by atoms with van der Waals surface area (Å²) in [6, 6.07) is 0.187. The van der Waals surface area contributed by atoms with Crippen LogP contribution in [-0.2, 0) is 9.53 Å². The maximum atomic E-state index is 10.3. The first-order chi connectivity index (χ1) is 6.70. The molecule has 0 saturated heterocycles. The Kier molecular flexibility index (Phi) is 4.86. The zero-order valence-corrected chi connectivity index (χ0v) is 8.24. The first-order valence-corrected chi connectivity index (χ1v) is 4.97. The number of carbonyl (C=O) groups is 1. The van der Waals surface area contributed by atoms with Gasteiger partial charge in [0.2, 0.25) is 5.91 Å². The summed E-state index contributed by atoms with van der Waals surface area (Å²) in [5.41, 5.74) is 4.89. The summed E-state index contributed by atoms with van der Waals surface area (Å²) < 4.78 is 4.97. The molecule has 0 aromatic rings. The molecule has 1 amide bonds. The summed E-state index contributed by atoms with van der Waals surface area (Å²) in [4.78, 5) is 10.3. The Bertz CT molecular complexity index is 187. The Hall–Kier alpha value is -0.650. The minimum Gasteiger partial charge on any atom is -0.392 e. The summed E-state index contributed by atoms with van der Waals surface area (Å²) in [6.45, 7) is 1.07. The highest BCUT2D eigenvalue weighted by atomic mass is 16.5. The molecule has 0 radical (unpaired) electrons. The molecule has 2 atom stereocenters. The van der Waals surface area contributed by atoms with Crippen molar-refractivity contribution in [2.75, 3.05) is 19.8 Å². The number of primary amides is 1. The minimum absolute atomic E-state index is 0.0328. The lowest BCUT2D eigenvalue weighted by Crippen LogP contribution is -2.37. The van der Waals surface area contributed by atoms with Crippen LogP contribution < -0.4 is 11.1 Å². The van der Waals surface area contributed by atoms with Gasteiger partial charge in [-0.25, -0.2) is 0 Å². The highest BCUT2D eigenvalue weighted by Crippen LogP contribution is 2.18. The van der Waals surface area contributed by atoms with Crippen molar-refractivity contribution in [2.24, 2.45) is 5.73 Å². The van der Waals surface area contributed by atoms with E-state index in [1.807, 2.05) is 0 Å². The van der Waals surface area contributed by atoms with Crippen molar-refractivity contribution in [3.8, 4) is 0 Å². The van der Waals surface area contributed by atoms with Gasteiger partial charge in [0.05, 0.1) is 12.7 Å². The highest BCUT2D eigenvalue weighted by molar-refractivity contribution is 5.74. The molecule has 0 spiro atoms. The van der Waals surface area contributed by atoms with Crippen LogP contribution in [0.5, 0.6) is 0 Å². The summed E-state index contributed by atoms with van der Waals surface area (Å²) in [6.07, 6.45) is 2.73. The second kappa shape index (κ2) is 5.95. The predicted molar refractivity (Wildman–Crippen MR) is 51.7 cm³/mol. The molecule has 0 heterocycles. The number of rotatable bonds is 6. The zero-order chi connectivity index (χ0) is 10.4. The van der Waals surface area contributed by atoms with Crippen molar-refractivity contribution in [2.45, 2.75) is 31.4 Å². The number of aliphatic hydroxyl groups is 1. The van der Waals surface area contributed by atoms with Gasteiger partial charge in [0.1, 0.15) is 6.61 Å². The maximum Gasteiger partial charge on any atom is 0.243 e. The molecule has 4 N–H and O–H groups in total. The molecule has 5 heteroatoms. The standard InChI is InChI=1S/C9H18N2O3/c10-9(13)6-14-5-4-11-7-2-1-3-8(7)12/h7-8,11-12H,1-6H2,(H2,10,13)/t7-,8-/m1/s1. The number of aliphatic hydroxyl groups excluding tert-OH is 1. The van der Waals surface area contributed by atoms with Crippen LogP contribution in [0.25, 0.3) is 0 Å². The van der Waals surface area contributed by atoms with Crippen LogP contribution in [0.4, 0.5) is 0 Å². The van der Waals surface area contributed by atoms with Gasteiger partial charge in [0.15, 0.2) is 0 Å². The molecule has 0 unspecified atom stereocenters. The largest absolute Gasteiger partial charge is 0.392 e.